The molecule has 2 aromatic carbocycles. The molecule has 1 aliphatic rings. The predicted octanol–water partition coefficient (Wildman–Crippen LogP) is 3.02. The molecule has 8 nitrogen and oxygen atoms in total. The van der Waals surface area contributed by atoms with Gasteiger partial charge < -0.3 is 14.7 Å². The van der Waals surface area contributed by atoms with Gasteiger partial charge in [-0.3, -0.25) is 9.69 Å². The van der Waals surface area contributed by atoms with Crippen LogP contribution in [-0.2, 0) is 14.6 Å². The Kier molecular flexibility index (Phi) is 6.02. The average Bonchev–Trinajstić information content (AvgIpc) is 2.66. The maximum atomic E-state index is 12.1. The number of anilines is 2. The fraction of sp³-hybridized carbons (Fsp3) is 0.333. The summed E-state index contributed by atoms with van der Waals surface area (Å²) < 4.78 is 27.8. The van der Waals surface area contributed by atoms with Crippen molar-refractivity contribution in [1.82, 2.24) is 0 Å². The van der Waals surface area contributed by atoms with Crippen molar-refractivity contribution in [2.75, 3.05) is 35.0 Å². The van der Waals surface area contributed by atoms with E-state index >= 15 is 0 Å². The highest BCUT2D eigenvalue weighted by Crippen LogP contribution is 2.39. The molecule has 3 rings (SSSR count). The van der Waals surface area contributed by atoms with Crippen LogP contribution in [0.2, 0.25) is 0 Å². The Morgan fingerprint density at radius 1 is 1.10 bits per heavy atom. The Morgan fingerprint density at radius 3 is 2.30 bits per heavy atom. The SMILES string of the molecule is CC(=O)N1c2ccc(-c3ccc(OCCS(C)(=O)=O)cc3)cc2N(C(=O)O)C[C@@H]1C. The summed E-state index contributed by atoms with van der Waals surface area (Å²) in [6.07, 6.45) is 0.0855. The zero-order valence-corrected chi connectivity index (χ0v) is 17.8. The van der Waals surface area contributed by atoms with Gasteiger partial charge in [0.15, 0.2) is 9.84 Å². The number of amides is 2. The van der Waals surface area contributed by atoms with Crippen LogP contribution in [0, 0.1) is 0 Å². The van der Waals surface area contributed by atoms with Crippen LogP contribution < -0.4 is 14.5 Å². The molecule has 0 saturated heterocycles. The van der Waals surface area contributed by atoms with E-state index < -0.39 is 15.9 Å². The molecule has 1 N–H and O–H groups in total. The summed E-state index contributed by atoms with van der Waals surface area (Å²) in [6.45, 7) is 3.55. The number of nitrogens with zero attached hydrogens (tertiary/aromatic N) is 2. The zero-order valence-electron chi connectivity index (χ0n) is 17.0. The van der Waals surface area contributed by atoms with Gasteiger partial charge in [-0.25, -0.2) is 13.2 Å². The number of rotatable bonds is 5. The van der Waals surface area contributed by atoms with Crippen LogP contribution in [0.15, 0.2) is 42.5 Å². The number of sulfone groups is 1. The van der Waals surface area contributed by atoms with Gasteiger partial charge in [0.2, 0.25) is 5.91 Å². The quantitative estimate of drug-likeness (QED) is 0.779. The monoisotopic (exact) mass is 432 g/mol. The molecule has 1 aliphatic heterocycles. The third-order valence-corrected chi connectivity index (χ3v) is 5.80. The van der Waals surface area contributed by atoms with Crippen LogP contribution in [0.1, 0.15) is 13.8 Å². The van der Waals surface area contributed by atoms with Crippen molar-refractivity contribution in [2.24, 2.45) is 0 Å². The Balaban J connectivity index is 1.88. The van der Waals surface area contributed by atoms with Crippen molar-refractivity contribution in [2.45, 2.75) is 19.9 Å². The summed E-state index contributed by atoms with van der Waals surface area (Å²) in [5.41, 5.74) is 2.65. The van der Waals surface area contributed by atoms with Crippen molar-refractivity contribution in [3.8, 4) is 16.9 Å². The highest BCUT2D eigenvalue weighted by molar-refractivity contribution is 7.90. The van der Waals surface area contributed by atoms with Gasteiger partial charge in [0.25, 0.3) is 0 Å². The Morgan fingerprint density at radius 2 is 1.73 bits per heavy atom. The topological polar surface area (TPSA) is 104 Å². The summed E-state index contributed by atoms with van der Waals surface area (Å²) in [5.74, 6) is 0.344. The minimum absolute atomic E-state index is 0.0599. The second kappa shape index (κ2) is 8.35. The van der Waals surface area contributed by atoms with E-state index in [4.69, 9.17) is 4.74 Å². The number of ether oxygens (including phenoxy) is 1. The van der Waals surface area contributed by atoms with E-state index in [1.807, 2.05) is 25.1 Å². The summed E-state index contributed by atoms with van der Waals surface area (Å²) >= 11 is 0. The lowest BCUT2D eigenvalue weighted by atomic mass is 10.0. The highest BCUT2D eigenvalue weighted by Gasteiger charge is 2.33. The summed E-state index contributed by atoms with van der Waals surface area (Å²) in [7, 11) is -3.09. The summed E-state index contributed by atoms with van der Waals surface area (Å²) in [6, 6.07) is 12.2. The van der Waals surface area contributed by atoms with Crippen molar-refractivity contribution in [3.05, 3.63) is 42.5 Å². The van der Waals surface area contributed by atoms with Crippen LogP contribution in [0.4, 0.5) is 16.2 Å². The standard InChI is InChI=1S/C21H24N2O6S/c1-14-13-22(21(25)26)20-12-17(6-9-19(20)23(14)15(2)24)16-4-7-18(8-5-16)29-10-11-30(3,27)28/h4-9,12,14H,10-11,13H2,1-3H3,(H,25,26)/t14-/m0/s1. The molecule has 2 amide bonds. The highest BCUT2D eigenvalue weighted by atomic mass is 32.2. The molecule has 0 aromatic heterocycles. The molecule has 1 atom stereocenters. The first-order chi connectivity index (χ1) is 14.1. The van der Waals surface area contributed by atoms with Crippen LogP contribution in [-0.4, -0.2) is 56.7 Å². The molecule has 0 spiro atoms. The smallest absolute Gasteiger partial charge is 0.411 e. The van der Waals surface area contributed by atoms with Gasteiger partial charge in [0.05, 0.1) is 23.2 Å². The molecule has 0 aliphatic carbocycles. The maximum absolute atomic E-state index is 12.1. The van der Waals surface area contributed by atoms with Gasteiger partial charge in [-0.05, 0) is 42.3 Å². The van der Waals surface area contributed by atoms with Gasteiger partial charge in [-0.2, -0.15) is 0 Å². The Bertz CT molecular complexity index is 1070. The van der Waals surface area contributed by atoms with E-state index in [0.29, 0.717) is 17.1 Å². The van der Waals surface area contributed by atoms with Gasteiger partial charge in [0.1, 0.15) is 12.4 Å². The van der Waals surface area contributed by atoms with Gasteiger partial charge in [-0.15, -0.1) is 0 Å². The number of carbonyl (C=O) groups is 2. The minimum atomic E-state index is -3.09. The summed E-state index contributed by atoms with van der Waals surface area (Å²) in [4.78, 5) is 26.7. The zero-order chi connectivity index (χ0) is 22.1. The predicted molar refractivity (Wildman–Crippen MR) is 115 cm³/mol. The van der Waals surface area contributed by atoms with Crippen molar-refractivity contribution >= 4 is 33.2 Å². The van der Waals surface area contributed by atoms with Crippen molar-refractivity contribution < 1.29 is 27.9 Å². The molecule has 0 unspecified atom stereocenters. The largest absolute Gasteiger partial charge is 0.493 e. The number of benzene rings is 2. The molecular formula is C21H24N2O6S. The molecule has 9 heteroatoms. The van der Waals surface area contributed by atoms with Gasteiger partial charge in [0, 0.05) is 19.7 Å². The number of fused-ring (bicyclic) bond motifs is 1. The first kappa shape index (κ1) is 21.6. The lowest BCUT2D eigenvalue weighted by Gasteiger charge is -2.39. The van der Waals surface area contributed by atoms with Gasteiger partial charge in [-0.1, -0.05) is 18.2 Å². The van der Waals surface area contributed by atoms with Crippen LogP contribution in [0.5, 0.6) is 5.75 Å². The molecule has 0 bridgehead atoms. The third-order valence-electron chi connectivity index (χ3n) is 4.89. The van der Waals surface area contributed by atoms with E-state index in [2.05, 4.69) is 0 Å². The van der Waals surface area contributed by atoms with Crippen LogP contribution in [0.25, 0.3) is 11.1 Å². The minimum Gasteiger partial charge on any atom is -0.493 e. The number of hydrogen-bond acceptors (Lipinski definition) is 5. The Labute approximate surface area is 175 Å². The molecule has 160 valence electrons. The fourth-order valence-electron chi connectivity index (χ4n) is 3.52. The normalized spacial score (nSPS) is 16.2. The van der Waals surface area contributed by atoms with Crippen molar-refractivity contribution in [1.29, 1.82) is 0 Å². The molecule has 30 heavy (non-hydrogen) atoms. The number of carboxylic acid groups (broad SMARTS) is 1. The van der Waals surface area contributed by atoms with E-state index in [1.54, 1.807) is 29.2 Å². The van der Waals surface area contributed by atoms with E-state index in [1.165, 1.54) is 11.8 Å². The summed E-state index contributed by atoms with van der Waals surface area (Å²) in [5, 5.41) is 9.63. The van der Waals surface area contributed by atoms with Crippen molar-refractivity contribution in [3.63, 3.8) is 0 Å². The van der Waals surface area contributed by atoms with Gasteiger partial charge >= 0.3 is 6.09 Å². The average molecular weight is 432 g/mol. The lowest BCUT2D eigenvalue weighted by molar-refractivity contribution is -0.117. The first-order valence-corrected chi connectivity index (χ1v) is 11.5. The first-order valence-electron chi connectivity index (χ1n) is 9.42. The maximum Gasteiger partial charge on any atom is 0.411 e. The number of carbonyl (C=O) groups excluding carboxylic acids is 1. The molecule has 0 radical (unpaired) electrons. The third kappa shape index (κ3) is 4.73. The Hall–Kier alpha value is -3.07. The van der Waals surface area contributed by atoms with E-state index in [9.17, 15) is 23.1 Å². The number of hydrogen-bond donors (Lipinski definition) is 1. The van der Waals surface area contributed by atoms with Crippen LogP contribution in [0.3, 0.4) is 0 Å². The molecule has 1 heterocycles. The second-order valence-corrected chi connectivity index (χ2v) is 9.60. The van der Waals surface area contributed by atoms with E-state index in [0.717, 1.165) is 17.4 Å². The molecule has 2 aromatic rings. The lowest BCUT2D eigenvalue weighted by Crippen LogP contribution is -2.51. The molecule has 0 saturated carbocycles. The second-order valence-electron chi connectivity index (χ2n) is 7.34. The molecular weight excluding hydrogens is 408 g/mol. The molecule has 0 fully saturated rings. The van der Waals surface area contributed by atoms with Crippen LogP contribution >= 0.6 is 0 Å². The fourth-order valence-corrected chi connectivity index (χ4v) is 3.91. The van der Waals surface area contributed by atoms with E-state index in [-0.39, 0.29) is 30.9 Å².